The Morgan fingerprint density at radius 3 is 2.56 bits per heavy atom. The molecule has 0 bridgehead atoms. The van der Waals surface area contributed by atoms with E-state index in [4.69, 9.17) is 10.4 Å². The zero-order valence-electron chi connectivity index (χ0n) is 19.1. The van der Waals surface area contributed by atoms with Gasteiger partial charge < -0.3 is 10.6 Å². The fraction of sp³-hybridized carbons (Fsp3) is 0.217. The third-order valence-electron chi connectivity index (χ3n) is 5.24. The van der Waals surface area contributed by atoms with Crippen molar-refractivity contribution >= 4 is 23.6 Å². The number of hydrogen-bond donors (Lipinski definition) is 2. The molecule has 174 valence electrons. The van der Waals surface area contributed by atoms with Crippen LogP contribution in [0, 0.1) is 0 Å². The predicted molar refractivity (Wildman–Crippen MR) is 128 cm³/mol. The first-order valence-electron chi connectivity index (χ1n) is 10.7. The highest BCUT2D eigenvalue weighted by Gasteiger charge is 2.25. The third-order valence-corrected chi connectivity index (χ3v) is 5.24. The Morgan fingerprint density at radius 2 is 1.91 bits per heavy atom. The predicted octanol–water partition coefficient (Wildman–Crippen LogP) is 2.76. The van der Waals surface area contributed by atoms with E-state index in [1.807, 2.05) is 66.5 Å². The van der Waals surface area contributed by atoms with Crippen LogP contribution in [0.5, 0.6) is 0 Å². The lowest BCUT2D eigenvalue weighted by molar-refractivity contribution is 0.0949. The van der Waals surface area contributed by atoms with Crippen LogP contribution in [0.2, 0.25) is 0 Å². The molecule has 2 aromatic heterocycles. The first-order valence-corrected chi connectivity index (χ1v) is 10.7. The van der Waals surface area contributed by atoms with Crippen LogP contribution in [0.4, 0.5) is 11.5 Å². The van der Waals surface area contributed by atoms with Gasteiger partial charge in [0.05, 0.1) is 18.5 Å². The Morgan fingerprint density at radius 1 is 1.18 bits per heavy atom. The van der Waals surface area contributed by atoms with Crippen LogP contribution < -0.4 is 16.1 Å². The van der Waals surface area contributed by atoms with Crippen molar-refractivity contribution in [2.24, 2.45) is 5.10 Å². The standard InChI is InChI=1S/C23H25N9O2/c1-15(2)17-11-9-16(10-12-17)13-25-27-23(33)20-19(14-31(3)18-7-5-4-6-8-18)32(30-26-20)22-21(24)28-34-29-22/h4-13,15H,14H2,1-3H3,(H2,24,28)(H,27,33)/b25-13+. The smallest absolute Gasteiger partial charge is 0.293 e. The second-order valence-electron chi connectivity index (χ2n) is 7.98. The normalized spacial score (nSPS) is 11.3. The molecule has 0 unspecified atom stereocenters. The number of nitrogens with two attached hydrogens (primary N) is 1. The van der Waals surface area contributed by atoms with Crippen LogP contribution >= 0.6 is 0 Å². The zero-order valence-corrected chi connectivity index (χ0v) is 19.1. The van der Waals surface area contributed by atoms with Gasteiger partial charge in [0.15, 0.2) is 5.69 Å². The average molecular weight is 460 g/mol. The minimum Gasteiger partial charge on any atom is -0.378 e. The maximum absolute atomic E-state index is 12.9. The Labute approximate surface area is 196 Å². The molecule has 0 aliphatic carbocycles. The Balaban J connectivity index is 1.57. The molecular formula is C23H25N9O2. The highest BCUT2D eigenvalue weighted by molar-refractivity contribution is 5.94. The molecule has 11 heteroatoms. The van der Waals surface area contributed by atoms with E-state index < -0.39 is 5.91 Å². The quantitative estimate of drug-likeness (QED) is 0.303. The molecule has 2 aromatic carbocycles. The van der Waals surface area contributed by atoms with Crippen LogP contribution in [0.1, 0.15) is 47.1 Å². The number of carbonyl (C=O) groups excluding carboxylic acids is 1. The highest BCUT2D eigenvalue weighted by atomic mass is 16.6. The summed E-state index contributed by atoms with van der Waals surface area (Å²) in [6.45, 7) is 4.55. The maximum Gasteiger partial charge on any atom is 0.293 e. The average Bonchev–Trinajstić information content (AvgIpc) is 3.45. The van der Waals surface area contributed by atoms with Crippen molar-refractivity contribution in [3.05, 3.63) is 77.1 Å². The number of anilines is 2. The van der Waals surface area contributed by atoms with E-state index in [-0.39, 0.29) is 23.9 Å². The minimum atomic E-state index is -0.521. The van der Waals surface area contributed by atoms with E-state index in [1.165, 1.54) is 10.2 Å². The first kappa shape index (κ1) is 22.6. The molecule has 4 aromatic rings. The van der Waals surface area contributed by atoms with E-state index in [0.29, 0.717) is 11.6 Å². The van der Waals surface area contributed by atoms with E-state index in [1.54, 1.807) is 6.21 Å². The number of nitrogen functional groups attached to an aromatic ring is 1. The largest absolute Gasteiger partial charge is 0.378 e. The first-order chi connectivity index (χ1) is 16.4. The van der Waals surface area contributed by atoms with Crippen molar-refractivity contribution in [2.45, 2.75) is 26.3 Å². The third kappa shape index (κ3) is 4.93. The van der Waals surface area contributed by atoms with Gasteiger partial charge in [0.25, 0.3) is 5.91 Å². The summed E-state index contributed by atoms with van der Waals surface area (Å²) < 4.78 is 6.04. The number of benzene rings is 2. The summed E-state index contributed by atoms with van der Waals surface area (Å²) in [6, 6.07) is 17.7. The van der Waals surface area contributed by atoms with Gasteiger partial charge in [0.2, 0.25) is 11.6 Å². The molecule has 0 saturated heterocycles. The zero-order chi connectivity index (χ0) is 24.1. The molecule has 0 saturated carbocycles. The number of nitrogens with one attached hydrogen (secondary N) is 1. The molecule has 4 rings (SSSR count). The molecule has 3 N–H and O–H groups in total. The number of para-hydroxylation sites is 1. The van der Waals surface area contributed by atoms with E-state index in [2.05, 4.69) is 45.0 Å². The number of amides is 1. The second kappa shape index (κ2) is 9.94. The molecule has 34 heavy (non-hydrogen) atoms. The number of hydrogen-bond acceptors (Lipinski definition) is 9. The van der Waals surface area contributed by atoms with Crippen molar-refractivity contribution in [3.8, 4) is 5.82 Å². The molecule has 0 aliphatic heterocycles. The molecule has 1 amide bonds. The Hall–Kier alpha value is -4.54. The Kier molecular flexibility index (Phi) is 6.62. The molecule has 2 heterocycles. The lowest BCUT2D eigenvalue weighted by Crippen LogP contribution is -2.24. The van der Waals surface area contributed by atoms with Gasteiger partial charge in [-0.25, -0.2) is 10.1 Å². The summed E-state index contributed by atoms with van der Waals surface area (Å²) in [6.07, 6.45) is 1.57. The van der Waals surface area contributed by atoms with Crippen LogP contribution in [0.15, 0.2) is 64.3 Å². The lowest BCUT2D eigenvalue weighted by Gasteiger charge is -2.19. The summed E-state index contributed by atoms with van der Waals surface area (Å²) in [5, 5.41) is 19.6. The molecule has 0 atom stereocenters. The number of hydrazone groups is 1. The molecule has 11 nitrogen and oxygen atoms in total. The molecule has 0 fully saturated rings. The summed E-state index contributed by atoms with van der Waals surface area (Å²) in [7, 11) is 1.89. The van der Waals surface area contributed by atoms with Crippen LogP contribution in [0.3, 0.4) is 0 Å². The van der Waals surface area contributed by atoms with Crippen molar-refractivity contribution in [3.63, 3.8) is 0 Å². The SMILES string of the molecule is CC(C)c1ccc(/C=N/NC(=O)c2nnn(-c3nonc3N)c2CN(C)c2ccccc2)cc1. The van der Waals surface area contributed by atoms with Crippen LogP contribution in [-0.2, 0) is 6.54 Å². The fourth-order valence-corrected chi connectivity index (χ4v) is 3.31. The fourth-order valence-electron chi connectivity index (χ4n) is 3.31. The van der Waals surface area contributed by atoms with Gasteiger partial charge in [0.1, 0.15) is 0 Å². The van der Waals surface area contributed by atoms with Crippen LogP contribution in [0.25, 0.3) is 5.82 Å². The van der Waals surface area contributed by atoms with Gasteiger partial charge in [-0.05, 0) is 39.5 Å². The summed E-state index contributed by atoms with van der Waals surface area (Å²) in [4.78, 5) is 14.9. The second-order valence-corrected chi connectivity index (χ2v) is 7.98. The van der Waals surface area contributed by atoms with Crippen molar-refractivity contribution in [1.29, 1.82) is 0 Å². The topological polar surface area (TPSA) is 140 Å². The Bertz CT molecular complexity index is 1280. The van der Waals surface area contributed by atoms with E-state index in [0.717, 1.165) is 11.3 Å². The summed E-state index contributed by atoms with van der Waals surface area (Å²) in [5.74, 6) is 0.0996. The van der Waals surface area contributed by atoms with Gasteiger partial charge in [-0.15, -0.1) is 5.10 Å². The minimum absolute atomic E-state index is 0.0309. The van der Waals surface area contributed by atoms with Gasteiger partial charge >= 0.3 is 0 Å². The monoisotopic (exact) mass is 459 g/mol. The highest BCUT2D eigenvalue weighted by Crippen LogP contribution is 2.20. The lowest BCUT2D eigenvalue weighted by atomic mass is 10.0. The van der Waals surface area contributed by atoms with E-state index in [9.17, 15) is 4.79 Å². The van der Waals surface area contributed by atoms with Crippen molar-refractivity contribution in [2.75, 3.05) is 17.7 Å². The molecular weight excluding hydrogens is 434 g/mol. The molecule has 0 aliphatic rings. The van der Waals surface area contributed by atoms with Gasteiger partial charge in [-0.1, -0.05) is 61.5 Å². The summed E-state index contributed by atoms with van der Waals surface area (Å²) >= 11 is 0. The van der Waals surface area contributed by atoms with Gasteiger partial charge in [-0.2, -0.15) is 9.78 Å². The maximum atomic E-state index is 12.9. The number of carbonyl (C=O) groups is 1. The van der Waals surface area contributed by atoms with Gasteiger partial charge in [0, 0.05) is 12.7 Å². The van der Waals surface area contributed by atoms with Crippen LogP contribution in [-0.4, -0.2) is 44.5 Å². The number of rotatable bonds is 8. The summed E-state index contributed by atoms with van der Waals surface area (Å²) in [5.41, 5.74) is 11.9. The molecule has 0 radical (unpaired) electrons. The van der Waals surface area contributed by atoms with Crippen molar-refractivity contribution < 1.29 is 9.42 Å². The molecule has 0 spiro atoms. The van der Waals surface area contributed by atoms with Crippen molar-refractivity contribution in [1.82, 2.24) is 30.7 Å². The van der Waals surface area contributed by atoms with Gasteiger partial charge in [-0.3, -0.25) is 4.79 Å². The van der Waals surface area contributed by atoms with E-state index >= 15 is 0 Å². The number of aromatic nitrogens is 5. The number of nitrogens with zero attached hydrogens (tertiary/aromatic N) is 7.